The number of carbonyl (C=O) groups is 1. The third-order valence-corrected chi connectivity index (χ3v) is 4.17. The predicted molar refractivity (Wildman–Crippen MR) is 106 cm³/mol. The summed E-state index contributed by atoms with van der Waals surface area (Å²) in [6, 6.07) is 21.6. The lowest BCUT2D eigenvalue weighted by Crippen LogP contribution is -2.30. The Labute approximate surface area is 158 Å². The highest BCUT2D eigenvalue weighted by Crippen LogP contribution is 2.17. The number of carbonyl (C=O) groups excluding carboxylic acids is 1. The van der Waals surface area contributed by atoms with Crippen molar-refractivity contribution < 1.29 is 19.6 Å². The Morgan fingerprint density at radius 3 is 2.37 bits per heavy atom. The van der Waals surface area contributed by atoms with Crippen LogP contribution >= 0.6 is 0 Å². The van der Waals surface area contributed by atoms with Crippen LogP contribution in [0.4, 0.5) is 5.69 Å². The maximum atomic E-state index is 12.5. The molecule has 3 rings (SSSR count). The van der Waals surface area contributed by atoms with Crippen molar-refractivity contribution in [2.75, 3.05) is 5.32 Å². The van der Waals surface area contributed by atoms with Gasteiger partial charge in [0.05, 0.1) is 0 Å². The lowest BCUT2D eigenvalue weighted by Gasteiger charge is -2.11. The summed E-state index contributed by atoms with van der Waals surface area (Å²) in [7, 11) is -1.58. The van der Waals surface area contributed by atoms with Crippen molar-refractivity contribution in [3.63, 3.8) is 0 Å². The zero-order chi connectivity index (χ0) is 19.2. The molecule has 0 atom stereocenters. The second kappa shape index (κ2) is 8.53. The molecule has 0 radical (unpaired) electrons. The number of ether oxygens (including phenoxy) is 1. The van der Waals surface area contributed by atoms with Crippen LogP contribution in [0.25, 0.3) is 0 Å². The van der Waals surface area contributed by atoms with Crippen LogP contribution in [0.1, 0.15) is 21.5 Å². The van der Waals surface area contributed by atoms with Gasteiger partial charge in [-0.05, 0) is 53.8 Å². The molecule has 0 saturated carbocycles. The monoisotopic (exact) mass is 361 g/mol. The molecule has 0 unspecified atom stereocenters. The fraction of sp³-hybridized carbons (Fsp3) is 0.0952. The van der Waals surface area contributed by atoms with Crippen LogP contribution in [0.3, 0.4) is 0 Å². The van der Waals surface area contributed by atoms with Gasteiger partial charge in [0.25, 0.3) is 5.91 Å². The Hall–Kier alpha value is -3.09. The molecular weight excluding hydrogens is 341 g/mol. The SMILES string of the molecule is Cc1ccc(B(O)O)cc1NC(=O)c1ccc(OCc2ccccc2)cc1. The molecule has 0 aliphatic carbocycles. The number of rotatable bonds is 6. The van der Waals surface area contributed by atoms with Crippen LogP contribution in [0.2, 0.25) is 0 Å². The lowest BCUT2D eigenvalue weighted by molar-refractivity contribution is 0.102. The van der Waals surface area contributed by atoms with E-state index in [1.807, 2.05) is 37.3 Å². The standard InChI is InChI=1S/C21H20BNO4/c1-15-7-10-18(22(25)26)13-20(15)23-21(24)17-8-11-19(12-9-17)27-14-16-5-3-2-4-6-16/h2-13,25-26H,14H2,1H3,(H,23,24). The molecule has 0 aliphatic rings. The van der Waals surface area contributed by atoms with E-state index in [9.17, 15) is 14.8 Å². The highest BCUT2D eigenvalue weighted by atomic mass is 16.5. The second-order valence-electron chi connectivity index (χ2n) is 6.20. The van der Waals surface area contributed by atoms with Gasteiger partial charge in [0.15, 0.2) is 0 Å². The zero-order valence-corrected chi connectivity index (χ0v) is 14.9. The molecule has 0 aromatic heterocycles. The van der Waals surface area contributed by atoms with Crippen LogP contribution in [0, 0.1) is 6.92 Å². The summed E-state index contributed by atoms with van der Waals surface area (Å²) in [6.07, 6.45) is 0. The number of amides is 1. The van der Waals surface area contributed by atoms with Crippen molar-refractivity contribution in [1.82, 2.24) is 0 Å². The average molecular weight is 361 g/mol. The smallest absolute Gasteiger partial charge is 0.488 e. The van der Waals surface area contributed by atoms with Gasteiger partial charge in [0.1, 0.15) is 12.4 Å². The van der Waals surface area contributed by atoms with E-state index in [1.165, 1.54) is 0 Å². The minimum absolute atomic E-state index is 0.280. The molecule has 3 N–H and O–H groups in total. The van der Waals surface area contributed by atoms with Gasteiger partial charge in [-0.25, -0.2) is 0 Å². The summed E-state index contributed by atoms with van der Waals surface area (Å²) < 4.78 is 5.72. The van der Waals surface area contributed by atoms with Gasteiger partial charge in [-0.1, -0.05) is 42.5 Å². The predicted octanol–water partition coefficient (Wildman–Crippen LogP) is 2.51. The molecule has 1 amide bonds. The topological polar surface area (TPSA) is 78.8 Å². The van der Waals surface area contributed by atoms with Gasteiger partial charge in [-0.2, -0.15) is 0 Å². The van der Waals surface area contributed by atoms with Crippen LogP contribution in [-0.4, -0.2) is 23.1 Å². The molecule has 0 spiro atoms. The number of hydrogen-bond acceptors (Lipinski definition) is 4. The normalized spacial score (nSPS) is 10.3. The minimum atomic E-state index is -1.58. The van der Waals surface area contributed by atoms with Gasteiger partial charge in [0.2, 0.25) is 0 Å². The first-order chi connectivity index (χ1) is 13.0. The zero-order valence-electron chi connectivity index (χ0n) is 14.9. The second-order valence-corrected chi connectivity index (χ2v) is 6.20. The average Bonchev–Trinajstić information content (AvgIpc) is 2.69. The first-order valence-corrected chi connectivity index (χ1v) is 8.58. The summed E-state index contributed by atoms with van der Waals surface area (Å²) in [5.41, 5.74) is 3.24. The summed E-state index contributed by atoms with van der Waals surface area (Å²) in [5.74, 6) is 0.397. The van der Waals surface area contributed by atoms with Crippen LogP contribution in [-0.2, 0) is 6.61 Å². The minimum Gasteiger partial charge on any atom is -0.489 e. The highest BCUT2D eigenvalue weighted by Gasteiger charge is 2.14. The molecule has 27 heavy (non-hydrogen) atoms. The molecule has 0 saturated heterocycles. The van der Waals surface area contributed by atoms with E-state index >= 15 is 0 Å². The van der Waals surface area contributed by atoms with E-state index in [2.05, 4.69) is 5.32 Å². The van der Waals surface area contributed by atoms with Gasteiger partial charge in [-0.15, -0.1) is 0 Å². The van der Waals surface area contributed by atoms with Crippen molar-refractivity contribution in [3.05, 3.63) is 89.5 Å². The molecule has 0 bridgehead atoms. The molecule has 0 heterocycles. The van der Waals surface area contributed by atoms with Crippen molar-refractivity contribution >= 4 is 24.2 Å². The van der Waals surface area contributed by atoms with E-state index in [1.54, 1.807) is 42.5 Å². The van der Waals surface area contributed by atoms with E-state index in [0.29, 0.717) is 29.1 Å². The van der Waals surface area contributed by atoms with Crippen molar-refractivity contribution in [1.29, 1.82) is 0 Å². The summed E-state index contributed by atoms with van der Waals surface area (Å²) in [4.78, 5) is 12.5. The first kappa shape index (κ1) is 18.7. The molecular formula is C21H20BNO4. The quantitative estimate of drug-likeness (QED) is 0.590. The van der Waals surface area contributed by atoms with Crippen LogP contribution < -0.4 is 15.5 Å². The first-order valence-electron chi connectivity index (χ1n) is 8.58. The Bertz CT molecular complexity index is 911. The summed E-state index contributed by atoms with van der Waals surface area (Å²) in [6.45, 7) is 2.30. The molecule has 0 aliphatic heterocycles. The van der Waals surface area contributed by atoms with E-state index in [4.69, 9.17) is 4.74 Å². The molecule has 5 nitrogen and oxygen atoms in total. The number of nitrogens with one attached hydrogen (secondary N) is 1. The number of hydrogen-bond donors (Lipinski definition) is 3. The maximum Gasteiger partial charge on any atom is 0.488 e. The van der Waals surface area contributed by atoms with Gasteiger partial charge < -0.3 is 20.1 Å². The fourth-order valence-corrected chi connectivity index (χ4v) is 2.57. The number of benzene rings is 3. The molecule has 0 fully saturated rings. The fourth-order valence-electron chi connectivity index (χ4n) is 2.57. The number of anilines is 1. The maximum absolute atomic E-state index is 12.5. The Morgan fingerprint density at radius 2 is 1.70 bits per heavy atom. The molecule has 3 aromatic rings. The summed E-state index contributed by atoms with van der Waals surface area (Å²) in [5, 5.41) is 21.4. The van der Waals surface area contributed by atoms with Gasteiger partial charge in [-0.3, -0.25) is 4.79 Å². The Balaban J connectivity index is 1.65. The van der Waals surface area contributed by atoms with Crippen molar-refractivity contribution in [2.24, 2.45) is 0 Å². The van der Waals surface area contributed by atoms with Crippen molar-refractivity contribution in [2.45, 2.75) is 13.5 Å². The van der Waals surface area contributed by atoms with Crippen molar-refractivity contribution in [3.8, 4) is 5.75 Å². The number of aryl methyl sites for hydroxylation is 1. The van der Waals surface area contributed by atoms with Crippen LogP contribution in [0.5, 0.6) is 5.75 Å². The Kier molecular flexibility index (Phi) is 5.91. The van der Waals surface area contributed by atoms with E-state index in [-0.39, 0.29) is 5.91 Å². The third kappa shape index (κ3) is 4.97. The van der Waals surface area contributed by atoms with Gasteiger partial charge in [0, 0.05) is 11.3 Å². The third-order valence-electron chi connectivity index (χ3n) is 4.17. The van der Waals surface area contributed by atoms with Crippen LogP contribution in [0.15, 0.2) is 72.8 Å². The van der Waals surface area contributed by atoms with E-state index < -0.39 is 7.12 Å². The molecule has 3 aromatic carbocycles. The highest BCUT2D eigenvalue weighted by molar-refractivity contribution is 6.58. The largest absolute Gasteiger partial charge is 0.489 e. The molecule has 6 heteroatoms. The summed E-state index contributed by atoms with van der Waals surface area (Å²) >= 11 is 0. The molecule has 136 valence electrons. The van der Waals surface area contributed by atoms with E-state index in [0.717, 1.165) is 11.1 Å². The lowest BCUT2D eigenvalue weighted by atomic mass is 9.79. The van der Waals surface area contributed by atoms with Gasteiger partial charge >= 0.3 is 7.12 Å². The Morgan fingerprint density at radius 1 is 1.00 bits per heavy atom.